The number of hydrogen-bond donors (Lipinski definition) is 0. The van der Waals surface area contributed by atoms with Crippen molar-refractivity contribution in [3.05, 3.63) is 11.8 Å². The second-order valence-electron chi connectivity index (χ2n) is 2.51. The molecule has 0 N–H and O–H groups in total. The summed E-state index contributed by atoms with van der Waals surface area (Å²) >= 11 is 5.55. The Kier molecular flexibility index (Phi) is 3.03. The van der Waals surface area contributed by atoms with E-state index in [1.54, 1.807) is 0 Å². The van der Waals surface area contributed by atoms with Gasteiger partial charge in [-0.15, -0.1) is 30.1 Å². The van der Waals surface area contributed by atoms with Crippen LogP contribution in [-0.4, -0.2) is 14.0 Å². The second kappa shape index (κ2) is 3.10. The monoisotopic (exact) mass is 158 g/mol. The summed E-state index contributed by atoms with van der Waals surface area (Å²) < 4.78 is 0. The van der Waals surface area contributed by atoms with Crippen molar-refractivity contribution < 1.29 is 0 Å². The van der Waals surface area contributed by atoms with Gasteiger partial charge in [0.15, 0.2) is 8.07 Å². The number of rotatable bonds is 2. The van der Waals surface area contributed by atoms with E-state index in [-0.39, 0.29) is 0 Å². The molecule has 0 aliphatic rings. The van der Waals surface area contributed by atoms with Gasteiger partial charge in [0.25, 0.3) is 0 Å². The lowest BCUT2D eigenvalue weighted by molar-refractivity contribution is 1.61. The van der Waals surface area contributed by atoms with Crippen LogP contribution in [0.15, 0.2) is 11.8 Å². The largest absolute Gasteiger partial charge is 0.158 e. The van der Waals surface area contributed by atoms with E-state index in [4.69, 9.17) is 18.0 Å². The molecule has 0 aliphatic heterocycles. The molecular weight excluding hydrogens is 148 g/mol. The molecule has 50 valence electrons. The highest BCUT2D eigenvalue weighted by molar-refractivity contribution is 6.91. The molecule has 9 heavy (non-hydrogen) atoms. The van der Waals surface area contributed by atoms with Crippen LogP contribution < -0.4 is 0 Å². The van der Waals surface area contributed by atoms with E-state index in [1.807, 2.05) is 0 Å². The van der Waals surface area contributed by atoms with Crippen LogP contribution in [0, 0.1) is 12.0 Å². The summed E-state index contributed by atoms with van der Waals surface area (Å²) in [6.45, 7) is 7.94. The van der Waals surface area contributed by atoms with Gasteiger partial charge >= 0.3 is 0 Å². The second-order valence-corrected chi connectivity index (χ2v) is 7.02. The molecule has 0 fully saturated rings. The molecule has 0 aromatic heterocycles. The van der Waals surface area contributed by atoms with Crippen LogP contribution in [0.1, 0.15) is 0 Å². The first-order valence-electron chi connectivity index (χ1n) is 2.76. The molecule has 0 aliphatic carbocycles. The normalized spacial score (nSPS) is 10.4. The van der Waals surface area contributed by atoms with Crippen LogP contribution in [0.3, 0.4) is 0 Å². The molecule has 0 unspecified atom stereocenters. The molecule has 0 amide bonds. The van der Waals surface area contributed by atoms with Gasteiger partial charge in [-0.25, -0.2) is 0 Å². The minimum atomic E-state index is -1.58. The number of halogens is 1. The Morgan fingerprint density at radius 1 is 1.78 bits per heavy atom. The van der Waals surface area contributed by atoms with Gasteiger partial charge in [0.1, 0.15) is 0 Å². The summed E-state index contributed by atoms with van der Waals surface area (Å²) in [5, 5.41) is 1.03. The zero-order chi connectivity index (χ0) is 7.49. The molecule has 0 nitrogen and oxygen atoms in total. The lowest BCUT2D eigenvalue weighted by Gasteiger charge is -2.14. The summed E-state index contributed by atoms with van der Waals surface area (Å²) in [5.74, 6) is 0.503. The number of allylic oxidation sites excluding steroid dienone is 1. The van der Waals surface area contributed by atoms with E-state index in [9.17, 15) is 0 Å². The van der Waals surface area contributed by atoms with E-state index in [0.29, 0.717) is 5.88 Å². The van der Waals surface area contributed by atoms with E-state index in [2.05, 4.69) is 25.2 Å². The maximum Gasteiger partial charge on any atom is 0.158 e. The maximum absolute atomic E-state index is 5.55. The molecule has 0 rings (SSSR count). The third-order valence-electron chi connectivity index (χ3n) is 1.41. The lowest BCUT2D eigenvalue weighted by Crippen LogP contribution is -2.27. The zero-order valence-electron chi connectivity index (χ0n) is 5.87. The minimum Gasteiger partial charge on any atom is -0.130 e. The molecule has 0 bridgehead atoms. The van der Waals surface area contributed by atoms with E-state index < -0.39 is 8.07 Å². The van der Waals surface area contributed by atoms with Gasteiger partial charge in [0, 0.05) is 5.88 Å². The van der Waals surface area contributed by atoms with E-state index in [0.717, 1.165) is 5.20 Å². The van der Waals surface area contributed by atoms with E-state index >= 15 is 0 Å². The van der Waals surface area contributed by atoms with Crippen molar-refractivity contribution >= 4 is 19.7 Å². The average molecular weight is 159 g/mol. The van der Waals surface area contributed by atoms with Crippen LogP contribution in [0.5, 0.6) is 0 Å². The predicted molar refractivity (Wildman–Crippen MR) is 46.2 cm³/mol. The molecule has 2 heteroatoms. The highest BCUT2D eigenvalue weighted by atomic mass is 35.5. The molecule has 0 radical (unpaired) electrons. The van der Waals surface area contributed by atoms with Crippen molar-refractivity contribution in [2.24, 2.45) is 0 Å². The third-order valence-corrected chi connectivity index (χ3v) is 4.62. The first-order chi connectivity index (χ1) is 4.04. The molecule has 0 aromatic carbocycles. The summed E-state index contributed by atoms with van der Waals surface area (Å²) in [4.78, 5) is 0. The smallest absolute Gasteiger partial charge is 0.130 e. The van der Waals surface area contributed by atoms with Crippen LogP contribution >= 0.6 is 11.6 Å². The quantitative estimate of drug-likeness (QED) is 0.329. The Bertz CT molecular complexity index is 153. The number of alkyl halides is 1. The van der Waals surface area contributed by atoms with Crippen LogP contribution in [-0.2, 0) is 0 Å². The van der Waals surface area contributed by atoms with Gasteiger partial charge in [0.2, 0.25) is 0 Å². The average Bonchev–Trinajstić information content (AvgIpc) is 1.86. The fourth-order valence-corrected chi connectivity index (χ4v) is 1.81. The summed E-state index contributed by atoms with van der Waals surface area (Å²) in [7, 11) is -1.58. The predicted octanol–water partition coefficient (Wildman–Crippen LogP) is 2.20. The van der Waals surface area contributed by atoms with Gasteiger partial charge < -0.3 is 0 Å². The third kappa shape index (κ3) is 2.25. The van der Waals surface area contributed by atoms with Crippen molar-refractivity contribution in [2.75, 3.05) is 5.88 Å². The Morgan fingerprint density at radius 3 is 2.33 bits per heavy atom. The van der Waals surface area contributed by atoms with Gasteiger partial charge in [-0.3, -0.25) is 0 Å². The van der Waals surface area contributed by atoms with Gasteiger partial charge in [-0.1, -0.05) is 18.3 Å². The Labute approximate surface area is 62.9 Å². The lowest BCUT2D eigenvalue weighted by atomic mass is 10.7. The molecule has 0 spiro atoms. The van der Waals surface area contributed by atoms with Crippen LogP contribution in [0.25, 0.3) is 0 Å². The molecule has 0 saturated heterocycles. The van der Waals surface area contributed by atoms with Crippen molar-refractivity contribution in [1.82, 2.24) is 0 Å². The van der Waals surface area contributed by atoms with Crippen molar-refractivity contribution in [3.8, 4) is 12.0 Å². The van der Waals surface area contributed by atoms with Crippen LogP contribution in [0.2, 0.25) is 13.1 Å². The number of hydrogen-bond acceptors (Lipinski definition) is 0. The summed E-state index contributed by atoms with van der Waals surface area (Å²) in [6, 6.07) is 0. The maximum atomic E-state index is 5.55. The SMILES string of the molecule is C#C[Si](C)(C)C(=C)CCl. The Balaban J connectivity index is 4.19. The molecule has 0 aromatic rings. The zero-order valence-corrected chi connectivity index (χ0v) is 7.63. The molecular formula is C7H11ClSi. The topological polar surface area (TPSA) is 0 Å². The minimum absolute atomic E-state index is 0.503. The first kappa shape index (κ1) is 8.81. The summed E-state index contributed by atoms with van der Waals surface area (Å²) in [5.41, 5.74) is 2.75. The Hall–Kier alpha value is -0.193. The fraction of sp³-hybridized carbons (Fsp3) is 0.429. The molecule has 0 atom stereocenters. The van der Waals surface area contributed by atoms with Gasteiger partial charge in [-0.05, 0) is 0 Å². The van der Waals surface area contributed by atoms with E-state index in [1.165, 1.54) is 0 Å². The van der Waals surface area contributed by atoms with Crippen LogP contribution in [0.4, 0.5) is 0 Å². The molecule has 0 saturated carbocycles. The van der Waals surface area contributed by atoms with Crippen molar-refractivity contribution in [1.29, 1.82) is 0 Å². The van der Waals surface area contributed by atoms with Crippen molar-refractivity contribution in [2.45, 2.75) is 13.1 Å². The highest BCUT2D eigenvalue weighted by Crippen LogP contribution is 2.12. The van der Waals surface area contributed by atoms with Crippen molar-refractivity contribution in [3.63, 3.8) is 0 Å². The Morgan fingerprint density at radius 2 is 2.22 bits per heavy atom. The van der Waals surface area contributed by atoms with Gasteiger partial charge in [0.05, 0.1) is 0 Å². The molecule has 0 heterocycles. The standard InChI is InChI=1S/C7H11ClSi/c1-5-9(3,4)7(2)6-8/h1H,2,6H2,3-4H3. The van der Waals surface area contributed by atoms with Gasteiger partial charge in [-0.2, -0.15) is 0 Å². The first-order valence-corrected chi connectivity index (χ1v) is 6.30. The summed E-state index contributed by atoms with van der Waals surface area (Å²) in [6.07, 6.45) is 5.28. The number of terminal acetylenes is 1. The fourth-order valence-electron chi connectivity index (χ4n) is 0.269. The highest BCUT2D eigenvalue weighted by Gasteiger charge is 2.20.